The fraction of sp³-hybridized carbons (Fsp3) is 0.562. The lowest BCUT2D eigenvalue weighted by atomic mass is 10.1. The Morgan fingerprint density at radius 3 is 2.88 bits per heavy atom. The third-order valence-corrected chi connectivity index (χ3v) is 4.46. The highest BCUT2D eigenvalue weighted by Crippen LogP contribution is 2.31. The van der Waals surface area contributed by atoms with Crippen molar-refractivity contribution in [1.82, 2.24) is 24.8 Å². The van der Waals surface area contributed by atoms with E-state index in [9.17, 15) is 10.2 Å². The molecule has 5 atom stereocenters. The summed E-state index contributed by atoms with van der Waals surface area (Å²) in [4.78, 5) is 12.2. The number of hydrogen-bond acceptors (Lipinski definition) is 9. The van der Waals surface area contributed by atoms with E-state index >= 15 is 0 Å². The summed E-state index contributed by atoms with van der Waals surface area (Å²) < 4.78 is 7.44. The van der Waals surface area contributed by atoms with Crippen LogP contribution in [0.1, 0.15) is 19.6 Å². The summed E-state index contributed by atoms with van der Waals surface area (Å²) in [5, 5.41) is 24.0. The maximum absolute atomic E-state index is 10.4. The number of rotatable bonds is 7. The molecule has 0 amide bonds. The second-order valence-electron chi connectivity index (χ2n) is 6.38. The van der Waals surface area contributed by atoms with Crippen LogP contribution in [0.2, 0.25) is 0 Å². The lowest BCUT2D eigenvalue weighted by Gasteiger charge is -2.18. The first-order valence-corrected chi connectivity index (χ1v) is 8.56. The fourth-order valence-corrected chi connectivity index (χ4v) is 2.98. The van der Waals surface area contributed by atoms with Crippen LogP contribution in [0.4, 0.5) is 5.82 Å². The van der Waals surface area contributed by atoms with E-state index in [4.69, 9.17) is 16.2 Å². The summed E-state index contributed by atoms with van der Waals surface area (Å²) in [6.07, 6.45) is 4.01. The minimum atomic E-state index is -1.11. The molecule has 10 nitrogen and oxygen atoms in total. The van der Waals surface area contributed by atoms with Gasteiger partial charge in [-0.3, -0.25) is 4.57 Å². The lowest BCUT2D eigenvalue weighted by molar-refractivity contribution is -0.0346. The number of aromatic nitrogens is 4. The molecule has 2 aromatic rings. The van der Waals surface area contributed by atoms with Gasteiger partial charge in [0.1, 0.15) is 30.2 Å². The number of nitrogens with one attached hydrogen (secondary N) is 1. The Labute approximate surface area is 150 Å². The van der Waals surface area contributed by atoms with Crippen molar-refractivity contribution in [2.45, 2.75) is 43.9 Å². The van der Waals surface area contributed by atoms with Gasteiger partial charge in [-0.05, 0) is 13.3 Å². The van der Waals surface area contributed by atoms with Crippen molar-refractivity contribution in [3.8, 4) is 0 Å². The Morgan fingerprint density at radius 2 is 2.12 bits per heavy atom. The number of aliphatic hydroxyl groups excluding tert-OH is 2. The number of nitrogens with zero attached hydrogens (tertiary/aromatic N) is 4. The Hall–Kier alpha value is -2.11. The monoisotopic (exact) mass is 363 g/mol. The van der Waals surface area contributed by atoms with Gasteiger partial charge in [0, 0.05) is 19.1 Å². The molecule has 1 aliphatic heterocycles. The zero-order valence-corrected chi connectivity index (χ0v) is 14.6. The first kappa shape index (κ1) is 18.7. The molecule has 0 aromatic carbocycles. The molecular weight excluding hydrogens is 338 g/mol. The molecule has 142 valence electrons. The van der Waals surface area contributed by atoms with Gasteiger partial charge in [-0.2, -0.15) is 0 Å². The van der Waals surface area contributed by atoms with Gasteiger partial charge < -0.3 is 31.7 Å². The van der Waals surface area contributed by atoms with Gasteiger partial charge in [-0.15, -0.1) is 0 Å². The number of imidazole rings is 1. The van der Waals surface area contributed by atoms with Crippen molar-refractivity contribution in [1.29, 1.82) is 0 Å². The number of fused-ring (bicyclic) bond motifs is 1. The first-order valence-electron chi connectivity index (χ1n) is 8.56. The number of ether oxygens (including phenoxy) is 1. The highest BCUT2D eigenvalue weighted by molar-refractivity contribution is 5.81. The summed E-state index contributed by atoms with van der Waals surface area (Å²) in [7, 11) is 0. The van der Waals surface area contributed by atoms with E-state index in [0.29, 0.717) is 24.3 Å². The Kier molecular flexibility index (Phi) is 5.79. The van der Waals surface area contributed by atoms with Crippen molar-refractivity contribution in [3.63, 3.8) is 0 Å². The van der Waals surface area contributed by atoms with Crippen LogP contribution >= 0.6 is 0 Å². The molecule has 1 saturated heterocycles. The SMILES string of the molecule is CC(C/C=C/CN)NC[C@H]1O[C@@H](n2cnc3c(N)ncnc32)[C@H](O)[C@@H]1O. The second kappa shape index (κ2) is 8.06. The minimum absolute atomic E-state index is 0.186. The molecule has 1 aliphatic rings. The van der Waals surface area contributed by atoms with Crippen molar-refractivity contribution < 1.29 is 14.9 Å². The largest absolute Gasteiger partial charge is 0.387 e. The van der Waals surface area contributed by atoms with Gasteiger partial charge in [0.25, 0.3) is 0 Å². The summed E-state index contributed by atoms with van der Waals surface area (Å²) >= 11 is 0. The smallest absolute Gasteiger partial charge is 0.167 e. The highest BCUT2D eigenvalue weighted by atomic mass is 16.6. The van der Waals surface area contributed by atoms with Crippen molar-refractivity contribution >= 4 is 17.0 Å². The molecule has 0 saturated carbocycles. The summed E-state index contributed by atoms with van der Waals surface area (Å²) in [5.41, 5.74) is 12.1. The fourth-order valence-electron chi connectivity index (χ4n) is 2.98. The van der Waals surface area contributed by atoms with E-state index < -0.39 is 24.5 Å². The minimum Gasteiger partial charge on any atom is -0.387 e. The molecule has 1 fully saturated rings. The van der Waals surface area contributed by atoms with Crippen LogP contribution in [-0.4, -0.2) is 67.2 Å². The molecule has 0 radical (unpaired) electrons. The number of nitrogens with two attached hydrogens (primary N) is 2. The molecule has 3 heterocycles. The average Bonchev–Trinajstić information content (AvgIpc) is 3.17. The molecule has 10 heteroatoms. The number of nitrogen functional groups attached to an aromatic ring is 1. The lowest BCUT2D eigenvalue weighted by Crippen LogP contribution is -2.40. The van der Waals surface area contributed by atoms with Gasteiger partial charge >= 0.3 is 0 Å². The van der Waals surface area contributed by atoms with E-state index in [1.165, 1.54) is 12.7 Å². The molecule has 0 spiro atoms. The number of hydrogen-bond donors (Lipinski definition) is 5. The maximum Gasteiger partial charge on any atom is 0.167 e. The van der Waals surface area contributed by atoms with Gasteiger partial charge in [-0.1, -0.05) is 12.2 Å². The third-order valence-electron chi connectivity index (χ3n) is 4.46. The molecule has 3 rings (SSSR count). The maximum atomic E-state index is 10.4. The van der Waals surface area contributed by atoms with Crippen LogP contribution in [0, 0.1) is 0 Å². The standard InChI is InChI=1S/C16H25N7O3/c1-9(4-2-3-5-17)19-6-10-12(24)13(25)16(26-10)23-8-22-11-14(18)20-7-21-15(11)23/h2-3,7-10,12-13,16,19,24-25H,4-6,17H2,1H3,(H2,18,20,21)/b3-2+/t9?,10-,12-,13-,16-/m1/s1. The molecule has 2 aromatic heterocycles. The van der Waals surface area contributed by atoms with Crippen molar-refractivity contribution in [2.24, 2.45) is 5.73 Å². The van der Waals surface area contributed by atoms with Crippen molar-refractivity contribution in [2.75, 3.05) is 18.8 Å². The second-order valence-corrected chi connectivity index (χ2v) is 6.38. The van der Waals surface area contributed by atoms with Crippen LogP contribution in [0.3, 0.4) is 0 Å². The van der Waals surface area contributed by atoms with Crippen molar-refractivity contribution in [3.05, 3.63) is 24.8 Å². The molecule has 26 heavy (non-hydrogen) atoms. The van der Waals surface area contributed by atoms with E-state index in [1.54, 1.807) is 4.57 Å². The van der Waals surface area contributed by atoms with Crippen LogP contribution in [0.5, 0.6) is 0 Å². The molecule has 0 bridgehead atoms. The summed E-state index contributed by atoms with van der Waals surface area (Å²) in [5.74, 6) is 0.249. The number of aliphatic hydroxyl groups is 2. The van der Waals surface area contributed by atoms with Gasteiger partial charge in [0.2, 0.25) is 0 Å². The Balaban J connectivity index is 1.67. The Bertz CT molecular complexity index is 765. The van der Waals surface area contributed by atoms with Gasteiger partial charge in [0.05, 0.1) is 6.33 Å². The predicted molar refractivity (Wildman–Crippen MR) is 95.9 cm³/mol. The van der Waals surface area contributed by atoms with E-state index in [-0.39, 0.29) is 11.9 Å². The summed E-state index contributed by atoms with van der Waals surface area (Å²) in [6, 6.07) is 0.186. The molecule has 1 unspecified atom stereocenters. The first-order chi connectivity index (χ1) is 12.5. The molecule has 0 aliphatic carbocycles. The van der Waals surface area contributed by atoms with Crippen LogP contribution in [0.25, 0.3) is 11.2 Å². The zero-order chi connectivity index (χ0) is 18.7. The van der Waals surface area contributed by atoms with Crippen LogP contribution in [-0.2, 0) is 4.74 Å². The average molecular weight is 363 g/mol. The normalized spacial score (nSPS) is 27.5. The summed E-state index contributed by atoms with van der Waals surface area (Å²) in [6.45, 7) is 2.94. The van der Waals surface area contributed by atoms with E-state index in [2.05, 4.69) is 20.3 Å². The molecule has 7 N–H and O–H groups in total. The Morgan fingerprint density at radius 1 is 1.31 bits per heavy atom. The number of anilines is 1. The highest BCUT2D eigenvalue weighted by Gasteiger charge is 2.44. The molecular formula is C16H25N7O3. The topological polar surface area (TPSA) is 157 Å². The van der Waals surface area contributed by atoms with E-state index in [0.717, 1.165) is 6.42 Å². The van der Waals surface area contributed by atoms with E-state index in [1.807, 2.05) is 19.1 Å². The van der Waals surface area contributed by atoms with Gasteiger partial charge in [-0.25, -0.2) is 15.0 Å². The van der Waals surface area contributed by atoms with Gasteiger partial charge in [0.15, 0.2) is 17.7 Å². The van der Waals surface area contributed by atoms with Crippen LogP contribution < -0.4 is 16.8 Å². The zero-order valence-electron chi connectivity index (χ0n) is 14.6. The van der Waals surface area contributed by atoms with Crippen LogP contribution in [0.15, 0.2) is 24.8 Å². The third kappa shape index (κ3) is 3.69. The quantitative estimate of drug-likeness (QED) is 0.385. The predicted octanol–water partition coefficient (Wildman–Crippen LogP) is -1.09.